The molecule has 2 rings (SSSR count). The predicted octanol–water partition coefficient (Wildman–Crippen LogP) is 2.43. The molecular formula is C18H18N2O3. The first-order chi connectivity index (χ1) is 11.2. The molecule has 5 nitrogen and oxygen atoms in total. The average Bonchev–Trinajstić information content (AvgIpc) is 2.60. The summed E-state index contributed by atoms with van der Waals surface area (Å²) >= 11 is 0. The molecule has 5 heteroatoms. The van der Waals surface area contributed by atoms with Crippen LogP contribution < -0.4 is 14.8 Å². The normalized spacial score (nSPS) is 9.78. The Morgan fingerprint density at radius 1 is 1.13 bits per heavy atom. The highest BCUT2D eigenvalue weighted by atomic mass is 16.5. The third-order valence-electron chi connectivity index (χ3n) is 3.41. The van der Waals surface area contributed by atoms with E-state index < -0.39 is 0 Å². The zero-order valence-electron chi connectivity index (χ0n) is 13.1. The summed E-state index contributed by atoms with van der Waals surface area (Å²) in [6.45, 7) is 0.414. The lowest BCUT2D eigenvalue weighted by molar-refractivity contribution is -0.120. The molecule has 0 unspecified atom stereocenters. The molecule has 0 fully saturated rings. The van der Waals surface area contributed by atoms with Gasteiger partial charge in [-0.05, 0) is 35.9 Å². The topological polar surface area (TPSA) is 71.3 Å². The van der Waals surface area contributed by atoms with Crippen LogP contribution in [-0.2, 0) is 17.8 Å². The Morgan fingerprint density at radius 3 is 2.48 bits per heavy atom. The van der Waals surface area contributed by atoms with Crippen molar-refractivity contribution < 1.29 is 14.3 Å². The second kappa shape index (κ2) is 7.85. The predicted molar refractivity (Wildman–Crippen MR) is 86.3 cm³/mol. The molecule has 0 saturated carbocycles. The summed E-state index contributed by atoms with van der Waals surface area (Å²) in [7, 11) is 3.15. The summed E-state index contributed by atoms with van der Waals surface area (Å²) < 4.78 is 10.4. The molecule has 0 radical (unpaired) electrons. The van der Waals surface area contributed by atoms with Crippen molar-refractivity contribution >= 4 is 5.91 Å². The van der Waals surface area contributed by atoms with Gasteiger partial charge in [-0.15, -0.1) is 0 Å². The third-order valence-corrected chi connectivity index (χ3v) is 3.41. The molecule has 0 bridgehead atoms. The minimum atomic E-state index is -0.110. The summed E-state index contributed by atoms with van der Waals surface area (Å²) in [4.78, 5) is 12.1. The number of methoxy groups -OCH3 is 2. The fourth-order valence-electron chi connectivity index (χ4n) is 2.15. The molecule has 0 aliphatic rings. The number of ether oxygens (including phenoxy) is 2. The molecule has 0 atom stereocenters. The van der Waals surface area contributed by atoms with Crippen molar-refractivity contribution in [3.63, 3.8) is 0 Å². The lowest BCUT2D eigenvalue weighted by Crippen LogP contribution is -2.24. The van der Waals surface area contributed by atoms with E-state index in [0.29, 0.717) is 23.6 Å². The molecule has 1 N–H and O–H groups in total. The van der Waals surface area contributed by atoms with Crippen molar-refractivity contribution in [1.29, 1.82) is 5.26 Å². The van der Waals surface area contributed by atoms with E-state index in [0.717, 1.165) is 11.1 Å². The monoisotopic (exact) mass is 310 g/mol. The number of amides is 1. The maximum atomic E-state index is 12.1. The zero-order valence-corrected chi connectivity index (χ0v) is 13.1. The summed E-state index contributed by atoms with van der Waals surface area (Å²) in [5.74, 6) is 1.22. The molecule has 23 heavy (non-hydrogen) atoms. The molecule has 0 aromatic heterocycles. The molecular weight excluding hydrogens is 292 g/mol. The van der Waals surface area contributed by atoms with E-state index in [2.05, 4.69) is 11.4 Å². The highest BCUT2D eigenvalue weighted by Crippen LogP contribution is 2.24. The van der Waals surface area contributed by atoms with Crippen molar-refractivity contribution in [2.75, 3.05) is 14.2 Å². The van der Waals surface area contributed by atoms with Gasteiger partial charge in [0, 0.05) is 12.1 Å². The molecule has 2 aromatic rings. The Hall–Kier alpha value is -3.00. The Balaban J connectivity index is 1.97. The maximum Gasteiger partial charge on any atom is 0.224 e. The smallest absolute Gasteiger partial charge is 0.224 e. The largest absolute Gasteiger partial charge is 0.497 e. The number of nitriles is 1. The van der Waals surface area contributed by atoms with Crippen molar-refractivity contribution in [3.05, 3.63) is 59.2 Å². The van der Waals surface area contributed by atoms with Gasteiger partial charge in [0.05, 0.1) is 32.3 Å². The maximum absolute atomic E-state index is 12.1. The fraction of sp³-hybridized carbons (Fsp3) is 0.222. The first kappa shape index (κ1) is 16.4. The molecule has 0 aliphatic carbocycles. The molecule has 118 valence electrons. The second-order valence-corrected chi connectivity index (χ2v) is 4.94. The highest BCUT2D eigenvalue weighted by Gasteiger charge is 2.10. The molecule has 2 aromatic carbocycles. The van der Waals surface area contributed by atoms with Crippen molar-refractivity contribution in [3.8, 4) is 17.6 Å². The van der Waals surface area contributed by atoms with Crippen molar-refractivity contribution in [1.82, 2.24) is 5.32 Å². The van der Waals surface area contributed by atoms with Gasteiger partial charge in [-0.1, -0.05) is 12.1 Å². The lowest BCUT2D eigenvalue weighted by Gasteiger charge is -2.11. The van der Waals surface area contributed by atoms with Crippen LogP contribution in [0.1, 0.15) is 16.7 Å². The van der Waals surface area contributed by atoms with E-state index in [1.807, 2.05) is 12.1 Å². The van der Waals surface area contributed by atoms with Crippen LogP contribution in [0.25, 0.3) is 0 Å². The van der Waals surface area contributed by atoms with E-state index in [1.165, 1.54) is 0 Å². The van der Waals surface area contributed by atoms with Gasteiger partial charge in [-0.2, -0.15) is 5.26 Å². The first-order valence-corrected chi connectivity index (χ1v) is 7.13. The Labute approximate surface area is 135 Å². The minimum absolute atomic E-state index is 0.110. The van der Waals surface area contributed by atoms with Gasteiger partial charge < -0.3 is 14.8 Å². The van der Waals surface area contributed by atoms with Gasteiger partial charge in [0.15, 0.2) is 0 Å². The van der Waals surface area contributed by atoms with Crippen LogP contribution in [0.2, 0.25) is 0 Å². The van der Waals surface area contributed by atoms with E-state index in [-0.39, 0.29) is 12.3 Å². The number of nitrogens with zero attached hydrogens (tertiary/aromatic N) is 1. The highest BCUT2D eigenvalue weighted by molar-refractivity contribution is 5.79. The van der Waals surface area contributed by atoms with Crippen LogP contribution >= 0.6 is 0 Å². The summed E-state index contributed by atoms with van der Waals surface area (Å²) in [5.41, 5.74) is 2.31. The number of carbonyl (C=O) groups excluding carboxylic acids is 1. The van der Waals surface area contributed by atoms with E-state index in [4.69, 9.17) is 14.7 Å². The van der Waals surface area contributed by atoms with E-state index in [1.54, 1.807) is 44.6 Å². The third kappa shape index (κ3) is 4.48. The van der Waals surface area contributed by atoms with Crippen LogP contribution in [0.5, 0.6) is 11.5 Å². The second-order valence-electron chi connectivity index (χ2n) is 4.94. The Kier molecular flexibility index (Phi) is 5.59. The summed E-state index contributed by atoms with van der Waals surface area (Å²) in [6.07, 6.45) is 0.205. The quantitative estimate of drug-likeness (QED) is 0.889. The Bertz CT molecular complexity index is 718. The molecule has 1 amide bonds. The van der Waals surface area contributed by atoms with Crippen LogP contribution in [0.3, 0.4) is 0 Å². The molecule has 0 saturated heterocycles. The van der Waals surface area contributed by atoms with Gasteiger partial charge in [0.25, 0.3) is 0 Å². The van der Waals surface area contributed by atoms with Crippen LogP contribution in [-0.4, -0.2) is 20.1 Å². The molecule has 0 spiro atoms. The number of benzene rings is 2. The van der Waals surface area contributed by atoms with Crippen molar-refractivity contribution in [2.24, 2.45) is 0 Å². The van der Waals surface area contributed by atoms with Crippen molar-refractivity contribution in [2.45, 2.75) is 13.0 Å². The minimum Gasteiger partial charge on any atom is -0.497 e. The van der Waals surface area contributed by atoms with E-state index >= 15 is 0 Å². The summed E-state index contributed by atoms with van der Waals surface area (Å²) in [5, 5.41) is 11.6. The molecule has 0 heterocycles. The van der Waals surface area contributed by atoms with Gasteiger partial charge in [0.1, 0.15) is 11.5 Å². The average molecular weight is 310 g/mol. The standard InChI is InChI=1S/C18H18N2O3/c1-22-16-7-8-17(23-2)15(9-16)10-18(21)20-12-14-5-3-13(11-19)4-6-14/h3-9H,10,12H2,1-2H3,(H,20,21). The lowest BCUT2D eigenvalue weighted by atomic mass is 10.1. The SMILES string of the molecule is COc1ccc(OC)c(CC(=O)NCc2ccc(C#N)cc2)c1. The van der Waals surface area contributed by atoms with Gasteiger partial charge >= 0.3 is 0 Å². The number of hydrogen-bond donors (Lipinski definition) is 1. The van der Waals surface area contributed by atoms with Gasteiger partial charge in [0.2, 0.25) is 5.91 Å². The Morgan fingerprint density at radius 2 is 1.87 bits per heavy atom. The number of carbonyl (C=O) groups is 1. The zero-order chi connectivity index (χ0) is 16.7. The fourth-order valence-corrected chi connectivity index (χ4v) is 2.15. The molecule has 0 aliphatic heterocycles. The van der Waals surface area contributed by atoms with Gasteiger partial charge in [-0.3, -0.25) is 4.79 Å². The number of nitrogens with one attached hydrogen (secondary N) is 1. The van der Waals surface area contributed by atoms with Crippen LogP contribution in [0.15, 0.2) is 42.5 Å². The van der Waals surface area contributed by atoms with Crippen LogP contribution in [0.4, 0.5) is 0 Å². The van der Waals surface area contributed by atoms with Crippen LogP contribution in [0, 0.1) is 11.3 Å². The first-order valence-electron chi connectivity index (χ1n) is 7.13. The summed E-state index contributed by atoms with van der Waals surface area (Å²) in [6, 6.07) is 14.5. The van der Waals surface area contributed by atoms with Gasteiger partial charge in [-0.25, -0.2) is 0 Å². The van der Waals surface area contributed by atoms with E-state index in [9.17, 15) is 4.79 Å². The number of hydrogen-bond acceptors (Lipinski definition) is 4. The number of rotatable bonds is 6.